The van der Waals surface area contributed by atoms with Crippen molar-refractivity contribution in [1.29, 1.82) is 0 Å². The van der Waals surface area contributed by atoms with Crippen LogP contribution in [0.5, 0.6) is 5.75 Å². The van der Waals surface area contributed by atoms with Crippen LogP contribution in [0.3, 0.4) is 0 Å². The first-order valence-electron chi connectivity index (χ1n) is 8.76. The molecule has 2 heterocycles. The van der Waals surface area contributed by atoms with E-state index >= 15 is 0 Å². The van der Waals surface area contributed by atoms with Gasteiger partial charge in [-0.1, -0.05) is 6.07 Å². The van der Waals surface area contributed by atoms with E-state index in [1.54, 1.807) is 11.0 Å². The zero-order chi connectivity index (χ0) is 20.3. The molecule has 3 rings (SSSR count). The normalized spacial score (nSPS) is 18.7. The summed E-state index contributed by atoms with van der Waals surface area (Å²) in [5.41, 5.74) is 0.149. The van der Waals surface area contributed by atoms with Gasteiger partial charge in [0.05, 0.1) is 16.9 Å². The van der Waals surface area contributed by atoms with Crippen molar-refractivity contribution in [2.24, 2.45) is 0 Å². The van der Waals surface area contributed by atoms with Gasteiger partial charge in [-0.3, -0.25) is 29.4 Å². The molecule has 0 saturated carbocycles. The van der Waals surface area contributed by atoms with E-state index in [-0.39, 0.29) is 28.8 Å². The van der Waals surface area contributed by atoms with Crippen molar-refractivity contribution in [2.75, 3.05) is 26.7 Å². The Morgan fingerprint density at radius 1 is 1.29 bits per heavy atom. The Hall–Kier alpha value is -2.88. The highest BCUT2D eigenvalue weighted by Crippen LogP contribution is 2.34. The quantitative estimate of drug-likeness (QED) is 0.421. The minimum absolute atomic E-state index is 0.0994. The fourth-order valence-corrected chi connectivity index (χ4v) is 3.94. The number of benzene rings is 1. The zero-order valence-corrected chi connectivity index (χ0v) is 16.1. The molecule has 2 aliphatic rings. The van der Waals surface area contributed by atoms with Crippen LogP contribution in [0.25, 0.3) is 6.08 Å². The highest BCUT2D eigenvalue weighted by atomic mass is 32.2. The third-order valence-corrected chi connectivity index (χ3v) is 5.48. The molecule has 28 heavy (non-hydrogen) atoms. The summed E-state index contributed by atoms with van der Waals surface area (Å²) >= 11 is 0.716. The second-order valence-electron chi connectivity index (χ2n) is 6.40. The van der Waals surface area contributed by atoms with E-state index in [1.165, 1.54) is 25.3 Å². The maximum absolute atomic E-state index is 12.6. The number of nitro benzene ring substituents is 1. The number of hydrogen-bond acceptors (Lipinski definition) is 7. The standard InChI is InChI=1S/C18H19N3O6S/c1-27-14-6-5-12(9-13(14)21(25)26)10-15-17(23)20(18(24)28-15)11-16(22)19-7-3-2-4-8-19/h5-6,9-10H,2-4,7-8,11H2,1H3/b15-10-. The first-order valence-corrected chi connectivity index (χ1v) is 9.58. The van der Waals surface area contributed by atoms with Gasteiger partial charge < -0.3 is 9.64 Å². The number of carbonyl (C=O) groups is 3. The van der Waals surface area contributed by atoms with Gasteiger partial charge in [0.1, 0.15) is 6.54 Å². The minimum atomic E-state index is -0.584. The Kier molecular flexibility index (Phi) is 5.98. The summed E-state index contributed by atoms with van der Waals surface area (Å²) in [6.45, 7) is 0.992. The summed E-state index contributed by atoms with van der Waals surface area (Å²) in [5, 5.41) is 10.6. The monoisotopic (exact) mass is 405 g/mol. The molecule has 1 aromatic carbocycles. The number of amides is 3. The van der Waals surface area contributed by atoms with Gasteiger partial charge in [-0.05, 0) is 48.7 Å². The van der Waals surface area contributed by atoms with Crippen LogP contribution in [0.4, 0.5) is 10.5 Å². The second kappa shape index (κ2) is 8.42. The van der Waals surface area contributed by atoms with Gasteiger partial charge in [-0.15, -0.1) is 0 Å². The van der Waals surface area contributed by atoms with Gasteiger partial charge in [0.15, 0.2) is 5.75 Å². The maximum atomic E-state index is 12.6. The lowest BCUT2D eigenvalue weighted by atomic mass is 10.1. The number of methoxy groups -OCH3 is 1. The van der Waals surface area contributed by atoms with Gasteiger partial charge in [0.25, 0.3) is 11.1 Å². The molecule has 10 heteroatoms. The molecular weight excluding hydrogens is 386 g/mol. The fourth-order valence-electron chi connectivity index (χ4n) is 3.11. The van der Waals surface area contributed by atoms with Gasteiger partial charge in [-0.2, -0.15) is 0 Å². The summed E-state index contributed by atoms with van der Waals surface area (Å²) in [5.74, 6) is -0.718. The van der Waals surface area contributed by atoms with E-state index in [9.17, 15) is 24.5 Å². The zero-order valence-electron chi connectivity index (χ0n) is 15.3. The number of carbonyl (C=O) groups excluding carboxylic acids is 3. The van der Waals surface area contributed by atoms with Crippen molar-refractivity contribution in [2.45, 2.75) is 19.3 Å². The molecule has 9 nitrogen and oxygen atoms in total. The Balaban J connectivity index is 1.76. The number of nitro groups is 1. The number of nitrogens with zero attached hydrogens (tertiary/aromatic N) is 3. The van der Waals surface area contributed by atoms with Crippen molar-refractivity contribution in [3.05, 3.63) is 38.8 Å². The predicted octanol–water partition coefficient (Wildman–Crippen LogP) is 2.65. The lowest BCUT2D eigenvalue weighted by molar-refractivity contribution is -0.385. The molecule has 0 aliphatic carbocycles. The Bertz CT molecular complexity index is 863. The predicted molar refractivity (Wildman–Crippen MR) is 103 cm³/mol. The fraction of sp³-hybridized carbons (Fsp3) is 0.389. The lowest BCUT2D eigenvalue weighted by Gasteiger charge is -2.27. The molecule has 0 aromatic heterocycles. The van der Waals surface area contributed by atoms with Gasteiger partial charge in [0, 0.05) is 19.2 Å². The topological polar surface area (TPSA) is 110 Å². The number of thioether (sulfide) groups is 1. The highest BCUT2D eigenvalue weighted by molar-refractivity contribution is 8.18. The molecule has 0 bridgehead atoms. The van der Waals surface area contributed by atoms with Crippen molar-refractivity contribution in [1.82, 2.24) is 9.80 Å². The number of likely N-dealkylation sites (tertiary alicyclic amines) is 1. The molecular formula is C18H19N3O6S. The first-order chi connectivity index (χ1) is 13.4. The summed E-state index contributed by atoms with van der Waals surface area (Å²) in [4.78, 5) is 50.4. The Labute approximate surface area is 165 Å². The van der Waals surface area contributed by atoms with Gasteiger partial charge >= 0.3 is 5.69 Å². The largest absolute Gasteiger partial charge is 0.490 e. The molecule has 2 fully saturated rings. The molecule has 148 valence electrons. The number of hydrogen-bond donors (Lipinski definition) is 0. The van der Waals surface area contributed by atoms with Crippen LogP contribution in [0.2, 0.25) is 0 Å². The maximum Gasteiger partial charge on any atom is 0.311 e. The van der Waals surface area contributed by atoms with E-state index in [1.807, 2.05) is 0 Å². The third kappa shape index (κ3) is 4.16. The average molecular weight is 405 g/mol. The van der Waals surface area contributed by atoms with Crippen molar-refractivity contribution >= 4 is 40.6 Å². The van der Waals surface area contributed by atoms with Crippen molar-refractivity contribution in [3.63, 3.8) is 0 Å². The molecule has 1 aromatic rings. The molecule has 0 unspecified atom stereocenters. The van der Waals surface area contributed by atoms with Crippen molar-refractivity contribution in [3.8, 4) is 5.75 Å². The van der Waals surface area contributed by atoms with E-state index in [4.69, 9.17) is 4.74 Å². The smallest absolute Gasteiger partial charge is 0.311 e. The number of piperidine rings is 1. The summed E-state index contributed by atoms with van der Waals surface area (Å²) in [6.07, 6.45) is 4.32. The number of imide groups is 1. The van der Waals surface area contributed by atoms with Crippen LogP contribution in [0, 0.1) is 10.1 Å². The molecule has 3 amide bonds. The SMILES string of the molecule is COc1ccc(/C=C2\SC(=O)N(CC(=O)N3CCCCC3)C2=O)cc1[N+](=O)[O-]. The molecule has 2 aliphatic heterocycles. The summed E-state index contributed by atoms with van der Waals surface area (Å²) in [7, 11) is 1.33. The van der Waals surface area contributed by atoms with Gasteiger partial charge in [0.2, 0.25) is 5.91 Å². The van der Waals surface area contributed by atoms with E-state index in [0.29, 0.717) is 30.4 Å². The van der Waals surface area contributed by atoms with Crippen LogP contribution < -0.4 is 4.74 Å². The molecule has 0 N–H and O–H groups in total. The minimum Gasteiger partial charge on any atom is -0.490 e. The second-order valence-corrected chi connectivity index (χ2v) is 7.39. The number of rotatable bonds is 5. The first kappa shape index (κ1) is 19.9. The summed E-state index contributed by atoms with van der Waals surface area (Å²) in [6, 6.07) is 4.25. The van der Waals surface area contributed by atoms with Crippen molar-refractivity contribution < 1.29 is 24.0 Å². The Morgan fingerprint density at radius 2 is 2.00 bits per heavy atom. The van der Waals surface area contributed by atoms with Crippen LogP contribution in [0.15, 0.2) is 23.1 Å². The number of ether oxygens (including phenoxy) is 1. The van der Waals surface area contributed by atoms with E-state index < -0.39 is 16.1 Å². The molecule has 2 saturated heterocycles. The average Bonchev–Trinajstić information content (AvgIpc) is 2.95. The van der Waals surface area contributed by atoms with Gasteiger partial charge in [-0.25, -0.2) is 0 Å². The van der Waals surface area contributed by atoms with E-state index in [0.717, 1.165) is 24.2 Å². The van der Waals surface area contributed by atoms with Crippen LogP contribution in [-0.4, -0.2) is 58.5 Å². The molecule has 0 spiro atoms. The molecule has 0 atom stereocenters. The lowest BCUT2D eigenvalue weighted by Crippen LogP contribution is -2.44. The van der Waals surface area contributed by atoms with Crippen LogP contribution >= 0.6 is 11.8 Å². The molecule has 0 radical (unpaired) electrons. The highest BCUT2D eigenvalue weighted by Gasteiger charge is 2.37. The van der Waals surface area contributed by atoms with E-state index in [2.05, 4.69) is 0 Å². The summed E-state index contributed by atoms with van der Waals surface area (Å²) < 4.78 is 4.95. The Morgan fingerprint density at radius 3 is 2.64 bits per heavy atom. The van der Waals surface area contributed by atoms with Crippen LogP contribution in [-0.2, 0) is 9.59 Å². The van der Waals surface area contributed by atoms with Crippen LogP contribution in [0.1, 0.15) is 24.8 Å². The third-order valence-electron chi connectivity index (χ3n) is 4.57.